The number of carbonyl (C=O) groups excluding carboxylic acids is 1. The van der Waals surface area contributed by atoms with Gasteiger partial charge in [0.1, 0.15) is 6.61 Å². The van der Waals surface area contributed by atoms with Crippen LogP contribution in [0.3, 0.4) is 0 Å². The summed E-state index contributed by atoms with van der Waals surface area (Å²) >= 11 is 0. The molecular weight excluding hydrogens is 399 g/mol. The molecule has 2 unspecified atom stereocenters. The summed E-state index contributed by atoms with van der Waals surface area (Å²) in [5.41, 5.74) is -0.100. The molecular formula is C20H30Cl2N4O2. The van der Waals surface area contributed by atoms with E-state index >= 15 is 0 Å². The van der Waals surface area contributed by atoms with Crippen molar-refractivity contribution in [2.24, 2.45) is 23.2 Å². The molecule has 5 fully saturated rings. The van der Waals surface area contributed by atoms with Gasteiger partial charge in [0.05, 0.1) is 5.41 Å². The molecule has 1 aromatic heterocycles. The van der Waals surface area contributed by atoms with Gasteiger partial charge in [-0.25, -0.2) is 9.97 Å². The minimum atomic E-state index is -0.100. The number of hydrogen-bond donors (Lipinski definition) is 0. The van der Waals surface area contributed by atoms with Crippen LogP contribution in [-0.4, -0.2) is 60.2 Å². The molecule has 156 valence electrons. The number of piperazine rings is 1. The van der Waals surface area contributed by atoms with Crippen molar-refractivity contribution in [2.45, 2.75) is 32.1 Å². The van der Waals surface area contributed by atoms with Crippen LogP contribution in [0.4, 0.5) is 5.95 Å². The third kappa shape index (κ3) is 3.83. The van der Waals surface area contributed by atoms with Gasteiger partial charge in [0, 0.05) is 45.1 Å². The lowest BCUT2D eigenvalue weighted by molar-refractivity contribution is -0.158. The fourth-order valence-corrected chi connectivity index (χ4v) is 6.17. The standard InChI is InChI=1S/C20H28N4O2.2ClH/c25-18(20-13-15-10-16(14-20)12-17(20)11-15)26-9-8-23-4-6-24(7-5-23)19-21-2-1-3-22-19;;/h1-3,15-17H,4-14H2;2*1H. The number of ether oxygens (including phenoxy) is 1. The third-order valence-corrected chi connectivity index (χ3v) is 7.24. The van der Waals surface area contributed by atoms with Crippen molar-refractivity contribution in [3.05, 3.63) is 18.5 Å². The SMILES string of the molecule is Cl.Cl.O=C(OCCN1CCN(c2ncccn2)CC1)C12CC3CC(CC1C3)C2. The number of esters is 1. The van der Waals surface area contributed by atoms with E-state index in [4.69, 9.17) is 4.74 Å². The maximum atomic E-state index is 12.8. The zero-order valence-electron chi connectivity index (χ0n) is 16.2. The Morgan fingerprint density at radius 3 is 2.32 bits per heavy atom. The van der Waals surface area contributed by atoms with Crippen LogP contribution in [0.5, 0.6) is 0 Å². The number of carbonyl (C=O) groups is 1. The maximum Gasteiger partial charge on any atom is 0.312 e. The van der Waals surface area contributed by atoms with E-state index in [0.717, 1.165) is 63.3 Å². The molecule has 4 aliphatic carbocycles. The van der Waals surface area contributed by atoms with Gasteiger partial charge in [0.25, 0.3) is 0 Å². The molecule has 0 aromatic carbocycles. The van der Waals surface area contributed by atoms with E-state index < -0.39 is 0 Å². The average Bonchev–Trinajstić information content (AvgIpc) is 3.08. The summed E-state index contributed by atoms with van der Waals surface area (Å²) in [6, 6.07) is 1.84. The van der Waals surface area contributed by atoms with E-state index in [1.54, 1.807) is 12.4 Å². The van der Waals surface area contributed by atoms with Crippen LogP contribution in [0.1, 0.15) is 32.1 Å². The quantitative estimate of drug-likeness (QED) is 0.671. The third-order valence-electron chi connectivity index (χ3n) is 7.24. The van der Waals surface area contributed by atoms with E-state index in [2.05, 4.69) is 19.8 Å². The van der Waals surface area contributed by atoms with Gasteiger partial charge in [0.15, 0.2) is 0 Å². The first-order valence-corrected chi connectivity index (χ1v) is 10.1. The molecule has 0 N–H and O–H groups in total. The van der Waals surface area contributed by atoms with Crippen LogP contribution in [0.15, 0.2) is 18.5 Å². The summed E-state index contributed by atoms with van der Waals surface area (Å²) in [5.74, 6) is 3.14. The smallest absolute Gasteiger partial charge is 0.312 e. The summed E-state index contributed by atoms with van der Waals surface area (Å²) in [4.78, 5) is 26.1. The second kappa shape index (κ2) is 8.72. The fraction of sp³-hybridized carbons (Fsp3) is 0.750. The van der Waals surface area contributed by atoms with Gasteiger partial charge in [-0.15, -0.1) is 24.8 Å². The van der Waals surface area contributed by atoms with Crippen LogP contribution in [0.2, 0.25) is 0 Å². The summed E-state index contributed by atoms with van der Waals surface area (Å²) < 4.78 is 5.79. The lowest BCUT2D eigenvalue weighted by Gasteiger charge is -2.35. The minimum absolute atomic E-state index is 0. The van der Waals surface area contributed by atoms with Crippen LogP contribution in [0.25, 0.3) is 0 Å². The molecule has 2 heterocycles. The summed E-state index contributed by atoms with van der Waals surface area (Å²) in [6.45, 7) is 5.15. The Morgan fingerprint density at radius 2 is 1.68 bits per heavy atom. The molecule has 2 atom stereocenters. The number of aromatic nitrogens is 2. The Balaban J connectivity index is 0.00000112. The molecule has 1 aromatic rings. The molecule has 4 saturated carbocycles. The first-order valence-electron chi connectivity index (χ1n) is 10.1. The van der Waals surface area contributed by atoms with Gasteiger partial charge in [-0.2, -0.15) is 0 Å². The molecule has 1 saturated heterocycles. The highest BCUT2D eigenvalue weighted by atomic mass is 35.5. The zero-order valence-corrected chi connectivity index (χ0v) is 17.8. The predicted molar refractivity (Wildman–Crippen MR) is 112 cm³/mol. The van der Waals surface area contributed by atoms with E-state index in [0.29, 0.717) is 12.5 Å². The summed E-state index contributed by atoms with van der Waals surface area (Å²) in [5, 5.41) is 0. The van der Waals surface area contributed by atoms with E-state index in [-0.39, 0.29) is 36.2 Å². The number of halogens is 2. The lowest BCUT2D eigenvalue weighted by atomic mass is 9.75. The topological polar surface area (TPSA) is 58.6 Å². The Bertz CT molecular complexity index is 655. The van der Waals surface area contributed by atoms with Crippen LogP contribution >= 0.6 is 24.8 Å². The predicted octanol–water partition coefficient (Wildman–Crippen LogP) is 2.81. The fourth-order valence-electron chi connectivity index (χ4n) is 6.17. The Labute approximate surface area is 179 Å². The Morgan fingerprint density at radius 1 is 1.04 bits per heavy atom. The molecule has 0 radical (unpaired) electrons. The van der Waals surface area contributed by atoms with Gasteiger partial charge >= 0.3 is 5.97 Å². The van der Waals surface area contributed by atoms with Crippen molar-refractivity contribution in [3.63, 3.8) is 0 Å². The van der Waals surface area contributed by atoms with Crippen molar-refractivity contribution < 1.29 is 9.53 Å². The van der Waals surface area contributed by atoms with Crippen molar-refractivity contribution in [1.29, 1.82) is 0 Å². The van der Waals surface area contributed by atoms with Gasteiger partial charge < -0.3 is 9.64 Å². The van der Waals surface area contributed by atoms with E-state index in [1.807, 2.05) is 6.07 Å². The monoisotopic (exact) mass is 428 g/mol. The van der Waals surface area contributed by atoms with Crippen molar-refractivity contribution in [1.82, 2.24) is 14.9 Å². The molecule has 6 nitrogen and oxygen atoms in total. The second-order valence-corrected chi connectivity index (χ2v) is 8.71. The second-order valence-electron chi connectivity index (χ2n) is 8.71. The Kier molecular flexibility index (Phi) is 6.72. The average molecular weight is 429 g/mol. The van der Waals surface area contributed by atoms with Crippen LogP contribution in [-0.2, 0) is 9.53 Å². The molecule has 0 amide bonds. The molecule has 8 heteroatoms. The Hall–Kier alpha value is -1.11. The van der Waals surface area contributed by atoms with Crippen LogP contribution in [0, 0.1) is 23.2 Å². The van der Waals surface area contributed by atoms with Crippen LogP contribution < -0.4 is 4.90 Å². The highest BCUT2D eigenvalue weighted by molar-refractivity contribution is 5.85. The maximum absolute atomic E-state index is 12.8. The normalized spacial score (nSPS) is 33.3. The van der Waals surface area contributed by atoms with Crippen molar-refractivity contribution >= 4 is 36.7 Å². The molecule has 0 spiro atoms. The van der Waals surface area contributed by atoms with Gasteiger partial charge in [-0.3, -0.25) is 9.69 Å². The van der Waals surface area contributed by atoms with Gasteiger partial charge in [-0.1, -0.05) is 0 Å². The molecule has 28 heavy (non-hydrogen) atoms. The molecule has 6 rings (SSSR count). The number of rotatable bonds is 5. The first-order chi connectivity index (χ1) is 12.7. The van der Waals surface area contributed by atoms with Gasteiger partial charge in [0.2, 0.25) is 5.95 Å². The number of nitrogens with zero attached hydrogens (tertiary/aromatic N) is 4. The molecule has 1 aliphatic heterocycles. The lowest BCUT2D eigenvalue weighted by Crippen LogP contribution is -2.48. The zero-order chi connectivity index (χ0) is 17.6. The van der Waals surface area contributed by atoms with Gasteiger partial charge in [-0.05, 0) is 55.9 Å². The highest BCUT2D eigenvalue weighted by Crippen LogP contribution is 2.65. The first kappa shape index (κ1) is 21.6. The van der Waals surface area contributed by atoms with E-state index in [1.165, 1.54) is 19.3 Å². The van der Waals surface area contributed by atoms with Crippen molar-refractivity contribution in [3.8, 4) is 0 Å². The van der Waals surface area contributed by atoms with Crippen molar-refractivity contribution in [2.75, 3.05) is 44.2 Å². The minimum Gasteiger partial charge on any atom is -0.464 e. The molecule has 5 aliphatic rings. The number of hydrogen-bond acceptors (Lipinski definition) is 6. The largest absolute Gasteiger partial charge is 0.464 e. The van der Waals surface area contributed by atoms with E-state index in [9.17, 15) is 4.79 Å². The molecule has 4 bridgehead atoms. The highest BCUT2D eigenvalue weighted by Gasteiger charge is 2.62. The summed E-state index contributed by atoms with van der Waals surface area (Å²) in [7, 11) is 0. The summed E-state index contributed by atoms with van der Waals surface area (Å²) in [6.07, 6.45) is 9.68. The number of anilines is 1.